The minimum atomic E-state index is -0.0696. The third-order valence-electron chi connectivity index (χ3n) is 3.97. The molecule has 25 heavy (non-hydrogen) atoms. The highest BCUT2D eigenvalue weighted by Gasteiger charge is 2.10. The van der Waals surface area contributed by atoms with Crippen LogP contribution in [0.4, 0.5) is 5.82 Å². The van der Waals surface area contributed by atoms with Gasteiger partial charge in [-0.15, -0.1) is 0 Å². The zero-order valence-electron chi connectivity index (χ0n) is 14.4. The summed E-state index contributed by atoms with van der Waals surface area (Å²) in [7, 11) is 0. The molecule has 130 valence electrons. The molecule has 1 aromatic carbocycles. The minimum absolute atomic E-state index is 0.0696. The summed E-state index contributed by atoms with van der Waals surface area (Å²) in [6.07, 6.45) is 6.99. The van der Waals surface area contributed by atoms with Crippen LogP contribution in [0.1, 0.15) is 30.6 Å². The van der Waals surface area contributed by atoms with Gasteiger partial charge < -0.3 is 15.6 Å². The Morgan fingerprint density at radius 2 is 2.16 bits per heavy atom. The molecule has 0 aliphatic heterocycles. The van der Waals surface area contributed by atoms with Gasteiger partial charge in [-0.2, -0.15) is 4.37 Å². The lowest BCUT2D eigenvalue weighted by atomic mass is 10.1. The van der Waals surface area contributed by atoms with Crippen molar-refractivity contribution in [1.29, 1.82) is 0 Å². The first-order valence-corrected chi connectivity index (χ1v) is 9.22. The summed E-state index contributed by atoms with van der Waals surface area (Å²) in [5, 5.41) is 8.33. The fraction of sp³-hybridized carbons (Fsp3) is 0.263. The van der Waals surface area contributed by atoms with Gasteiger partial charge in [0, 0.05) is 35.4 Å². The molecule has 0 radical (unpaired) electrons. The van der Waals surface area contributed by atoms with Gasteiger partial charge in [-0.1, -0.05) is 37.3 Å². The Morgan fingerprint density at radius 1 is 1.32 bits per heavy atom. The lowest BCUT2D eigenvalue weighted by Crippen LogP contribution is -2.30. The summed E-state index contributed by atoms with van der Waals surface area (Å²) in [6.45, 7) is 5.29. The van der Waals surface area contributed by atoms with E-state index in [-0.39, 0.29) is 5.91 Å². The van der Waals surface area contributed by atoms with Crippen LogP contribution < -0.4 is 20.4 Å². The molecule has 3 N–H and O–H groups in total. The predicted octanol–water partition coefficient (Wildman–Crippen LogP) is 2.46. The predicted molar refractivity (Wildman–Crippen MR) is 105 cm³/mol. The van der Waals surface area contributed by atoms with Crippen LogP contribution in [0.15, 0.2) is 30.5 Å². The molecule has 0 aliphatic carbocycles. The Morgan fingerprint density at radius 3 is 2.96 bits per heavy atom. The van der Waals surface area contributed by atoms with E-state index in [9.17, 15) is 4.79 Å². The van der Waals surface area contributed by atoms with Gasteiger partial charge in [0.15, 0.2) is 0 Å². The molecule has 0 fully saturated rings. The smallest absolute Gasteiger partial charge is 0.253 e. The third-order valence-corrected chi connectivity index (χ3v) is 4.83. The van der Waals surface area contributed by atoms with Crippen molar-refractivity contribution in [1.82, 2.24) is 14.7 Å². The molecular weight excluding hydrogens is 332 g/mol. The van der Waals surface area contributed by atoms with Gasteiger partial charge >= 0.3 is 0 Å². The number of nitrogens with zero attached hydrogens (tertiary/aromatic N) is 1. The average molecular weight is 354 g/mol. The second kappa shape index (κ2) is 7.98. The van der Waals surface area contributed by atoms with Crippen molar-refractivity contribution in [3.05, 3.63) is 45.8 Å². The molecule has 0 atom stereocenters. The summed E-state index contributed by atoms with van der Waals surface area (Å²) in [5.41, 5.74) is 1.64. The second-order valence-corrected chi connectivity index (χ2v) is 6.45. The topological polar surface area (TPSA) is 69.8 Å². The van der Waals surface area contributed by atoms with E-state index < -0.39 is 0 Å². The number of anilines is 1. The lowest BCUT2D eigenvalue weighted by molar-refractivity contribution is 0.0957. The molecule has 2 aromatic heterocycles. The number of carbonyl (C=O) groups is 1. The molecule has 3 rings (SSSR count). The number of aromatic amines is 1. The Balaban J connectivity index is 1.59. The van der Waals surface area contributed by atoms with Gasteiger partial charge in [-0.3, -0.25) is 4.79 Å². The van der Waals surface area contributed by atoms with Crippen LogP contribution in [0.2, 0.25) is 0 Å². The van der Waals surface area contributed by atoms with E-state index in [1.165, 1.54) is 16.1 Å². The highest BCUT2D eigenvalue weighted by molar-refractivity contribution is 7.03. The first kappa shape index (κ1) is 17.2. The van der Waals surface area contributed by atoms with Gasteiger partial charge in [-0.05, 0) is 30.9 Å². The number of rotatable bonds is 6. The van der Waals surface area contributed by atoms with Crippen molar-refractivity contribution in [3.8, 4) is 0 Å². The molecule has 0 aliphatic rings. The Kier molecular flexibility index (Phi) is 5.50. The molecule has 0 bridgehead atoms. The van der Waals surface area contributed by atoms with Crippen molar-refractivity contribution < 1.29 is 4.79 Å². The Hall–Kier alpha value is -2.60. The SMILES string of the molecule is C/C=c1/c(NCCNC(=O)c2c[nH]c3ccccc23)ns/c1=C/CC. The second-order valence-electron chi connectivity index (χ2n) is 5.64. The molecule has 5 nitrogen and oxygen atoms in total. The maximum absolute atomic E-state index is 12.4. The van der Waals surface area contributed by atoms with E-state index in [1.54, 1.807) is 6.20 Å². The van der Waals surface area contributed by atoms with Crippen LogP contribution in [0.5, 0.6) is 0 Å². The number of para-hydroxylation sites is 1. The van der Waals surface area contributed by atoms with Gasteiger partial charge in [0.1, 0.15) is 5.82 Å². The first-order valence-electron chi connectivity index (χ1n) is 8.45. The van der Waals surface area contributed by atoms with Crippen molar-refractivity contribution in [2.24, 2.45) is 0 Å². The molecule has 2 heterocycles. The van der Waals surface area contributed by atoms with E-state index >= 15 is 0 Å². The maximum Gasteiger partial charge on any atom is 0.253 e. The van der Waals surface area contributed by atoms with E-state index in [4.69, 9.17) is 0 Å². The number of H-pyrrole nitrogens is 1. The van der Waals surface area contributed by atoms with Gasteiger partial charge in [0.25, 0.3) is 5.91 Å². The first-order chi connectivity index (χ1) is 12.2. The molecule has 0 spiro atoms. The van der Waals surface area contributed by atoms with Crippen molar-refractivity contribution >= 4 is 46.3 Å². The fourth-order valence-corrected chi connectivity index (χ4v) is 3.67. The Labute approximate surface area is 150 Å². The largest absolute Gasteiger partial charge is 0.367 e. The lowest BCUT2D eigenvalue weighted by Gasteiger charge is -2.05. The summed E-state index contributed by atoms with van der Waals surface area (Å²) in [5.74, 6) is 0.813. The van der Waals surface area contributed by atoms with Crippen molar-refractivity contribution in [2.45, 2.75) is 20.3 Å². The molecule has 0 unspecified atom stereocenters. The van der Waals surface area contributed by atoms with Crippen molar-refractivity contribution in [3.63, 3.8) is 0 Å². The summed E-state index contributed by atoms with van der Waals surface area (Å²) < 4.78 is 5.65. The summed E-state index contributed by atoms with van der Waals surface area (Å²) in [6, 6.07) is 7.79. The minimum Gasteiger partial charge on any atom is -0.367 e. The number of aromatic nitrogens is 2. The molecule has 3 aromatic rings. The van der Waals surface area contributed by atoms with Crippen LogP contribution >= 0.6 is 11.5 Å². The van der Waals surface area contributed by atoms with Crippen LogP contribution in [0, 0.1) is 0 Å². The maximum atomic E-state index is 12.4. The highest BCUT2D eigenvalue weighted by atomic mass is 32.1. The van der Waals surface area contributed by atoms with Crippen LogP contribution in [0.3, 0.4) is 0 Å². The number of carbonyl (C=O) groups excluding carboxylic acids is 1. The zero-order chi connectivity index (χ0) is 17.6. The number of nitrogens with one attached hydrogen (secondary N) is 3. The van der Waals surface area contributed by atoms with Gasteiger partial charge in [-0.25, -0.2) is 0 Å². The number of amides is 1. The van der Waals surface area contributed by atoms with Gasteiger partial charge in [0.2, 0.25) is 0 Å². The highest BCUT2D eigenvalue weighted by Crippen LogP contribution is 2.17. The molecule has 0 saturated heterocycles. The van der Waals surface area contributed by atoms with E-state index in [1.807, 2.05) is 31.2 Å². The van der Waals surface area contributed by atoms with Crippen LogP contribution in [-0.4, -0.2) is 28.4 Å². The van der Waals surface area contributed by atoms with Crippen LogP contribution in [-0.2, 0) is 0 Å². The molecule has 0 saturated carbocycles. The quantitative estimate of drug-likeness (QED) is 0.596. The summed E-state index contributed by atoms with van der Waals surface area (Å²) in [4.78, 5) is 15.5. The number of hydrogen-bond acceptors (Lipinski definition) is 4. The molecule has 6 heteroatoms. The standard InChI is InChI=1S/C19H22N4OS/c1-3-7-17-13(4-2)18(23-25-17)20-10-11-21-19(24)15-12-22-16-9-6-5-8-14(15)16/h4-9,12,22H,3,10-11H2,1-2H3,(H,20,23)(H,21,24)/b13-4+,17-7+. The summed E-state index contributed by atoms with van der Waals surface area (Å²) >= 11 is 1.50. The number of fused-ring (bicyclic) bond motifs is 1. The van der Waals surface area contributed by atoms with E-state index in [2.05, 4.69) is 39.1 Å². The van der Waals surface area contributed by atoms with E-state index in [0.717, 1.165) is 28.4 Å². The van der Waals surface area contributed by atoms with E-state index in [0.29, 0.717) is 18.7 Å². The normalized spacial score (nSPS) is 12.7. The Bertz CT molecular complexity index is 986. The van der Waals surface area contributed by atoms with Crippen molar-refractivity contribution in [2.75, 3.05) is 18.4 Å². The molecule has 1 amide bonds. The number of hydrogen-bond donors (Lipinski definition) is 3. The fourth-order valence-electron chi connectivity index (χ4n) is 2.76. The third kappa shape index (κ3) is 3.74. The van der Waals surface area contributed by atoms with Gasteiger partial charge in [0.05, 0.1) is 10.1 Å². The monoisotopic (exact) mass is 354 g/mol. The molecular formula is C19H22N4OS. The van der Waals surface area contributed by atoms with Crippen LogP contribution in [0.25, 0.3) is 23.1 Å². The number of benzene rings is 1. The zero-order valence-corrected chi connectivity index (χ0v) is 15.2. The average Bonchev–Trinajstić information content (AvgIpc) is 3.22.